The Hall–Kier alpha value is -4.34. The smallest absolute Gasteiger partial charge is 0.201 e. The molecule has 0 spiro atoms. The minimum atomic E-state index is -0.861. The molecule has 0 fully saturated rings. The lowest BCUT2D eigenvalue weighted by atomic mass is 9.98. The Bertz CT molecular complexity index is 1530. The number of aryl methyl sites for hydroxylation is 1. The normalized spacial score (nSPS) is 14.9. The van der Waals surface area contributed by atoms with Crippen molar-refractivity contribution in [2.45, 2.75) is 12.3 Å². The molecule has 1 aliphatic rings. The predicted octanol–water partition coefficient (Wildman–Crippen LogP) is 4.27. The number of anilines is 2. The van der Waals surface area contributed by atoms with E-state index in [1.165, 1.54) is 6.07 Å². The number of benzene rings is 1. The average molecular weight is 459 g/mol. The molecule has 34 heavy (non-hydrogen) atoms. The third kappa shape index (κ3) is 3.53. The number of ether oxygens (including phenoxy) is 1. The Morgan fingerprint density at radius 1 is 1.00 bits per heavy atom. The standard InChI is InChI=1S/C24H19F2N7O/c1-32-21(5-7-28-32)29-20-10-15(4-6-27-20)16-11-22-30-31-24-17(13-34-23(12-16)33(22)24)8-14-2-3-18(25)19(26)9-14/h2-7,9-12,17H,8,13H2,1H3,(H,27,29)/t17-/m0/s1. The second kappa shape index (κ2) is 7.91. The zero-order valence-corrected chi connectivity index (χ0v) is 18.1. The fourth-order valence-corrected chi connectivity index (χ4v) is 4.21. The maximum absolute atomic E-state index is 13.6. The van der Waals surface area contributed by atoms with E-state index in [2.05, 4.69) is 25.6 Å². The van der Waals surface area contributed by atoms with E-state index in [1.807, 2.05) is 41.8 Å². The summed E-state index contributed by atoms with van der Waals surface area (Å²) in [6, 6.07) is 13.5. The third-order valence-corrected chi connectivity index (χ3v) is 5.93. The molecule has 0 aliphatic carbocycles. The molecule has 0 amide bonds. The average Bonchev–Trinajstić information content (AvgIpc) is 3.45. The van der Waals surface area contributed by atoms with Crippen LogP contribution in [-0.2, 0) is 13.5 Å². The van der Waals surface area contributed by atoms with Gasteiger partial charge in [-0.2, -0.15) is 5.10 Å². The molecule has 1 aromatic carbocycles. The molecule has 0 saturated carbocycles. The lowest BCUT2D eigenvalue weighted by Crippen LogP contribution is -2.22. The molecule has 170 valence electrons. The van der Waals surface area contributed by atoms with Gasteiger partial charge in [0.15, 0.2) is 17.3 Å². The molecule has 5 aromatic rings. The maximum Gasteiger partial charge on any atom is 0.201 e. The number of nitrogens with zero attached hydrogens (tertiary/aromatic N) is 6. The van der Waals surface area contributed by atoms with Crippen LogP contribution in [0.15, 0.2) is 60.9 Å². The van der Waals surface area contributed by atoms with Crippen LogP contribution in [0.5, 0.6) is 5.88 Å². The molecule has 6 rings (SSSR count). The number of hydrogen-bond donors (Lipinski definition) is 1. The zero-order chi connectivity index (χ0) is 23.2. The van der Waals surface area contributed by atoms with Gasteiger partial charge < -0.3 is 10.1 Å². The predicted molar refractivity (Wildman–Crippen MR) is 121 cm³/mol. The van der Waals surface area contributed by atoms with Gasteiger partial charge in [0, 0.05) is 25.4 Å². The molecule has 1 aliphatic heterocycles. The Balaban J connectivity index is 1.31. The SMILES string of the molecule is Cn1nccc1Nc1cc(-c2cc3n4c(nnc4c2)[C@@H](Cc2ccc(F)c(F)c2)CO3)ccn1. The summed E-state index contributed by atoms with van der Waals surface area (Å²) in [7, 11) is 1.85. The third-order valence-electron chi connectivity index (χ3n) is 5.93. The summed E-state index contributed by atoms with van der Waals surface area (Å²) in [6.45, 7) is 0.361. The van der Waals surface area contributed by atoms with Gasteiger partial charge in [-0.15, -0.1) is 10.2 Å². The fraction of sp³-hybridized carbons (Fsp3) is 0.167. The summed E-state index contributed by atoms with van der Waals surface area (Å²) < 4.78 is 36.6. The van der Waals surface area contributed by atoms with E-state index in [4.69, 9.17) is 4.74 Å². The van der Waals surface area contributed by atoms with Crippen molar-refractivity contribution >= 4 is 17.3 Å². The van der Waals surface area contributed by atoms with Crippen LogP contribution in [0.3, 0.4) is 0 Å². The Kier molecular flexibility index (Phi) is 4.72. The van der Waals surface area contributed by atoms with Gasteiger partial charge in [0.25, 0.3) is 0 Å². The topological polar surface area (TPSA) is 82.2 Å². The molecule has 1 atom stereocenters. The molecule has 5 heterocycles. The molecule has 0 bridgehead atoms. The van der Waals surface area contributed by atoms with Gasteiger partial charge in [-0.05, 0) is 53.4 Å². The highest BCUT2D eigenvalue weighted by Gasteiger charge is 2.27. The van der Waals surface area contributed by atoms with Crippen LogP contribution in [0.1, 0.15) is 17.3 Å². The van der Waals surface area contributed by atoms with Crippen molar-refractivity contribution in [1.82, 2.24) is 29.4 Å². The van der Waals surface area contributed by atoms with Gasteiger partial charge in [0.2, 0.25) is 5.88 Å². The van der Waals surface area contributed by atoms with Crippen molar-refractivity contribution in [3.8, 4) is 17.0 Å². The van der Waals surface area contributed by atoms with Gasteiger partial charge in [0.1, 0.15) is 24.1 Å². The van der Waals surface area contributed by atoms with E-state index in [0.717, 1.165) is 28.8 Å². The van der Waals surface area contributed by atoms with E-state index < -0.39 is 11.6 Å². The molecule has 0 unspecified atom stereocenters. The molecular formula is C24H19F2N7O. The first kappa shape index (κ1) is 20.3. The van der Waals surface area contributed by atoms with Crippen molar-refractivity contribution in [3.63, 3.8) is 0 Å². The first-order valence-electron chi connectivity index (χ1n) is 10.7. The second-order valence-electron chi connectivity index (χ2n) is 8.19. The number of pyridine rings is 2. The van der Waals surface area contributed by atoms with Gasteiger partial charge in [0.05, 0.1) is 12.1 Å². The monoisotopic (exact) mass is 459 g/mol. The van der Waals surface area contributed by atoms with Crippen LogP contribution < -0.4 is 10.1 Å². The minimum absolute atomic E-state index is 0.131. The van der Waals surface area contributed by atoms with E-state index in [-0.39, 0.29) is 5.92 Å². The number of hydrogen-bond acceptors (Lipinski definition) is 6. The lowest BCUT2D eigenvalue weighted by Gasteiger charge is -2.23. The van der Waals surface area contributed by atoms with E-state index in [9.17, 15) is 8.78 Å². The number of aromatic nitrogens is 6. The van der Waals surface area contributed by atoms with Crippen molar-refractivity contribution in [3.05, 3.63) is 83.9 Å². The van der Waals surface area contributed by atoms with E-state index in [0.29, 0.717) is 35.9 Å². The molecule has 1 N–H and O–H groups in total. The molecule has 0 radical (unpaired) electrons. The minimum Gasteiger partial charge on any atom is -0.478 e. The Morgan fingerprint density at radius 3 is 2.74 bits per heavy atom. The summed E-state index contributed by atoms with van der Waals surface area (Å²) in [5.41, 5.74) is 3.18. The van der Waals surface area contributed by atoms with Crippen molar-refractivity contribution < 1.29 is 13.5 Å². The van der Waals surface area contributed by atoms with Crippen molar-refractivity contribution in [2.75, 3.05) is 11.9 Å². The maximum atomic E-state index is 13.6. The van der Waals surface area contributed by atoms with Crippen LogP contribution in [0.4, 0.5) is 20.4 Å². The lowest BCUT2D eigenvalue weighted by molar-refractivity contribution is 0.245. The number of nitrogens with one attached hydrogen (secondary N) is 1. The van der Waals surface area contributed by atoms with Gasteiger partial charge in [-0.3, -0.25) is 4.68 Å². The molecule has 0 saturated heterocycles. The van der Waals surface area contributed by atoms with Crippen LogP contribution >= 0.6 is 0 Å². The summed E-state index contributed by atoms with van der Waals surface area (Å²) in [4.78, 5) is 4.40. The Labute approximate surface area is 192 Å². The van der Waals surface area contributed by atoms with Gasteiger partial charge in [-0.25, -0.2) is 18.2 Å². The molecule has 8 nitrogen and oxygen atoms in total. The summed E-state index contributed by atoms with van der Waals surface area (Å²) in [6.07, 6.45) is 3.91. The number of rotatable bonds is 5. The van der Waals surface area contributed by atoms with Crippen LogP contribution in [0.25, 0.3) is 16.8 Å². The summed E-state index contributed by atoms with van der Waals surface area (Å²) >= 11 is 0. The van der Waals surface area contributed by atoms with Gasteiger partial charge in [-0.1, -0.05) is 6.07 Å². The first-order chi connectivity index (χ1) is 16.5. The Morgan fingerprint density at radius 2 is 1.91 bits per heavy atom. The molecule has 4 aromatic heterocycles. The summed E-state index contributed by atoms with van der Waals surface area (Å²) in [5, 5.41) is 16.1. The highest BCUT2D eigenvalue weighted by atomic mass is 19.2. The highest BCUT2D eigenvalue weighted by molar-refractivity contribution is 5.72. The van der Waals surface area contributed by atoms with E-state index in [1.54, 1.807) is 23.1 Å². The second-order valence-corrected chi connectivity index (χ2v) is 8.19. The van der Waals surface area contributed by atoms with Crippen LogP contribution in [0, 0.1) is 11.6 Å². The number of halogens is 2. The van der Waals surface area contributed by atoms with Crippen molar-refractivity contribution in [2.24, 2.45) is 7.05 Å². The molecule has 10 heteroatoms. The highest BCUT2D eigenvalue weighted by Crippen LogP contribution is 2.34. The fourth-order valence-electron chi connectivity index (χ4n) is 4.21. The van der Waals surface area contributed by atoms with Crippen molar-refractivity contribution in [1.29, 1.82) is 0 Å². The largest absolute Gasteiger partial charge is 0.478 e. The molecular weight excluding hydrogens is 440 g/mol. The zero-order valence-electron chi connectivity index (χ0n) is 18.1. The quantitative estimate of drug-likeness (QED) is 0.423. The van der Waals surface area contributed by atoms with Crippen LogP contribution in [0.2, 0.25) is 0 Å². The van der Waals surface area contributed by atoms with Crippen LogP contribution in [-0.4, -0.2) is 36.0 Å². The summed E-state index contributed by atoms with van der Waals surface area (Å²) in [5.74, 6) is 1.03. The van der Waals surface area contributed by atoms with Gasteiger partial charge >= 0.3 is 0 Å². The first-order valence-corrected chi connectivity index (χ1v) is 10.7. The van der Waals surface area contributed by atoms with E-state index >= 15 is 0 Å².